The van der Waals surface area contributed by atoms with E-state index >= 15 is 0 Å². The van der Waals surface area contributed by atoms with Gasteiger partial charge in [0, 0.05) is 19.1 Å². The number of nitrogens with zero attached hydrogens (tertiary/aromatic N) is 1. The molecular weight excluding hydrogens is 290 g/mol. The first-order chi connectivity index (χ1) is 11.1. The van der Waals surface area contributed by atoms with E-state index in [9.17, 15) is 9.59 Å². The molecule has 1 aromatic rings. The summed E-state index contributed by atoms with van der Waals surface area (Å²) in [4.78, 5) is 26.5. The number of hydrogen-bond acceptors (Lipinski definition) is 3. The van der Waals surface area contributed by atoms with E-state index in [0.29, 0.717) is 13.0 Å². The summed E-state index contributed by atoms with van der Waals surface area (Å²) in [6.07, 6.45) is 2.31. The van der Waals surface area contributed by atoms with Crippen molar-refractivity contribution in [3.05, 3.63) is 35.4 Å². The highest BCUT2D eigenvalue weighted by Gasteiger charge is 2.45. The molecule has 0 bridgehead atoms. The van der Waals surface area contributed by atoms with E-state index in [0.717, 1.165) is 19.4 Å². The van der Waals surface area contributed by atoms with Crippen LogP contribution in [-0.4, -0.2) is 41.4 Å². The van der Waals surface area contributed by atoms with Crippen molar-refractivity contribution in [2.75, 3.05) is 6.54 Å². The molecule has 3 atom stereocenters. The molecule has 2 aliphatic rings. The number of aryl methyl sites for hydroxylation is 1. The zero-order valence-corrected chi connectivity index (χ0v) is 13.8. The molecule has 0 aliphatic carbocycles. The Morgan fingerprint density at radius 3 is 2.91 bits per heavy atom. The van der Waals surface area contributed by atoms with Crippen molar-refractivity contribution in [1.29, 1.82) is 0 Å². The number of amides is 2. The normalized spacial score (nSPS) is 27.0. The molecule has 0 radical (unpaired) electrons. The molecular formula is C18H25N3O2. The van der Waals surface area contributed by atoms with Crippen LogP contribution in [0.2, 0.25) is 0 Å². The lowest BCUT2D eigenvalue weighted by Crippen LogP contribution is -2.61. The van der Waals surface area contributed by atoms with Gasteiger partial charge in [-0.1, -0.05) is 43.2 Å². The first-order valence-corrected chi connectivity index (χ1v) is 8.48. The zero-order chi connectivity index (χ0) is 16.4. The summed E-state index contributed by atoms with van der Waals surface area (Å²) in [5, 5.41) is 6.38. The smallest absolute Gasteiger partial charge is 0.245 e. The van der Waals surface area contributed by atoms with Gasteiger partial charge < -0.3 is 15.5 Å². The zero-order valence-electron chi connectivity index (χ0n) is 13.8. The Hall–Kier alpha value is -1.88. The van der Waals surface area contributed by atoms with Gasteiger partial charge in [0.15, 0.2) is 0 Å². The van der Waals surface area contributed by atoms with E-state index in [-0.39, 0.29) is 29.9 Å². The summed E-state index contributed by atoms with van der Waals surface area (Å²) in [5.41, 5.74) is 2.47. The Kier molecular flexibility index (Phi) is 4.66. The van der Waals surface area contributed by atoms with Crippen LogP contribution in [0.5, 0.6) is 0 Å². The van der Waals surface area contributed by atoms with E-state index in [2.05, 4.69) is 41.8 Å². The molecule has 124 valence electrons. The fourth-order valence-corrected chi connectivity index (χ4v) is 3.57. The van der Waals surface area contributed by atoms with Gasteiger partial charge in [-0.25, -0.2) is 0 Å². The lowest BCUT2D eigenvalue weighted by Gasteiger charge is -2.34. The predicted octanol–water partition coefficient (Wildman–Crippen LogP) is 1.35. The van der Waals surface area contributed by atoms with Crippen molar-refractivity contribution in [3.63, 3.8) is 0 Å². The summed E-state index contributed by atoms with van der Waals surface area (Å²) in [7, 11) is 0. The van der Waals surface area contributed by atoms with Crippen molar-refractivity contribution in [1.82, 2.24) is 15.5 Å². The van der Waals surface area contributed by atoms with Crippen LogP contribution >= 0.6 is 0 Å². The fraction of sp³-hybridized carbons (Fsp3) is 0.556. The third-order valence-electron chi connectivity index (χ3n) is 4.76. The predicted molar refractivity (Wildman–Crippen MR) is 88.8 cm³/mol. The number of nitrogens with one attached hydrogen (secondary N) is 2. The number of benzene rings is 1. The minimum atomic E-state index is -0.334. The maximum absolute atomic E-state index is 12.5. The molecule has 0 spiro atoms. The number of fused-ring (bicyclic) bond motifs is 1. The van der Waals surface area contributed by atoms with E-state index in [1.807, 2.05) is 6.92 Å². The van der Waals surface area contributed by atoms with Crippen molar-refractivity contribution in [3.8, 4) is 0 Å². The van der Waals surface area contributed by atoms with Crippen LogP contribution in [0.15, 0.2) is 24.3 Å². The SMILES string of the molecule is CCC[C@@H]1NC(=O)[C@@H]2C[C@H](NCc3cccc(C)c3)CN2C1=O. The number of rotatable bonds is 5. The highest BCUT2D eigenvalue weighted by molar-refractivity contribution is 5.97. The Balaban J connectivity index is 1.61. The molecule has 0 saturated carbocycles. The van der Waals surface area contributed by atoms with Crippen LogP contribution in [0.4, 0.5) is 0 Å². The summed E-state index contributed by atoms with van der Waals surface area (Å²) in [6, 6.07) is 7.93. The number of carbonyl (C=O) groups excluding carboxylic acids is 2. The van der Waals surface area contributed by atoms with Gasteiger partial charge in [0.2, 0.25) is 11.8 Å². The number of hydrogen-bond donors (Lipinski definition) is 2. The van der Waals surface area contributed by atoms with Crippen molar-refractivity contribution in [2.24, 2.45) is 0 Å². The lowest BCUT2D eigenvalue weighted by atomic mass is 10.0. The van der Waals surface area contributed by atoms with Crippen LogP contribution in [-0.2, 0) is 16.1 Å². The summed E-state index contributed by atoms with van der Waals surface area (Å²) in [5.74, 6) is 0.0826. The third-order valence-corrected chi connectivity index (χ3v) is 4.76. The van der Waals surface area contributed by atoms with Crippen LogP contribution in [0.25, 0.3) is 0 Å². The van der Waals surface area contributed by atoms with Gasteiger partial charge in [-0.15, -0.1) is 0 Å². The van der Waals surface area contributed by atoms with Gasteiger partial charge in [-0.05, 0) is 25.3 Å². The van der Waals surface area contributed by atoms with Crippen LogP contribution in [0.3, 0.4) is 0 Å². The van der Waals surface area contributed by atoms with Crippen LogP contribution in [0, 0.1) is 6.92 Å². The Bertz CT molecular complexity index is 602. The topological polar surface area (TPSA) is 61.4 Å². The summed E-state index contributed by atoms with van der Waals surface area (Å²) < 4.78 is 0. The van der Waals surface area contributed by atoms with Crippen molar-refractivity contribution >= 4 is 11.8 Å². The van der Waals surface area contributed by atoms with Crippen LogP contribution < -0.4 is 10.6 Å². The second-order valence-electron chi connectivity index (χ2n) is 6.66. The fourth-order valence-electron chi connectivity index (χ4n) is 3.57. The summed E-state index contributed by atoms with van der Waals surface area (Å²) >= 11 is 0. The molecule has 5 nitrogen and oxygen atoms in total. The molecule has 2 heterocycles. The van der Waals surface area contributed by atoms with Gasteiger partial charge in [0.05, 0.1) is 0 Å². The maximum Gasteiger partial charge on any atom is 0.245 e. The first-order valence-electron chi connectivity index (χ1n) is 8.48. The molecule has 3 rings (SSSR count). The van der Waals surface area contributed by atoms with Gasteiger partial charge >= 0.3 is 0 Å². The maximum atomic E-state index is 12.5. The van der Waals surface area contributed by atoms with E-state index in [4.69, 9.17) is 0 Å². The third kappa shape index (κ3) is 3.39. The molecule has 1 aromatic carbocycles. The number of carbonyl (C=O) groups is 2. The Morgan fingerprint density at radius 2 is 2.17 bits per heavy atom. The average molecular weight is 315 g/mol. The van der Waals surface area contributed by atoms with Crippen LogP contribution in [0.1, 0.15) is 37.3 Å². The minimum absolute atomic E-state index is 0.00269. The largest absolute Gasteiger partial charge is 0.343 e. The van der Waals surface area contributed by atoms with Crippen molar-refractivity contribution in [2.45, 2.75) is 57.8 Å². The molecule has 23 heavy (non-hydrogen) atoms. The Labute approximate surface area is 137 Å². The highest BCUT2D eigenvalue weighted by atomic mass is 16.2. The second-order valence-corrected chi connectivity index (χ2v) is 6.66. The van der Waals surface area contributed by atoms with E-state index in [1.165, 1.54) is 11.1 Å². The molecule has 2 amide bonds. The lowest BCUT2D eigenvalue weighted by molar-refractivity contribution is -0.147. The Morgan fingerprint density at radius 1 is 1.35 bits per heavy atom. The van der Waals surface area contributed by atoms with Gasteiger partial charge in [-0.2, -0.15) is 0 Å². The minimum Gasteiger partial charge on any atom is -0.343 e. The molecule has 0 unspecified atom stereocenters. The molecule has 5 heteroatoms. The van der Waals surface area contributed by atoms with Gasteiger partial charge in [-0.3, -0.25) is 9.59 Å². The quantitative estimate of drug-likeness (QED) is 0.862. The van der Waals surface area contributed by atoms with Crippen molar-refractivity contribution < 1.29 is 9.59 Å². The first kappa shape index (κ1) is 16.0. The monoisotopic (exact) mass is 315 g/mol. The average Bonchev–Trinajstić information content (AvgIpc) is 2.96. The van der Waals surface area contributed by atoms with Gasteiger partial charge in [0.25, 0.3) is 0 Å². The molecule has 2 saturated heterocycles. The molecule has 0 aromatic heterocycles. The molecule has 2 N–H and O–H groups in total. The highest BCUT2D eigenvalue weighted by Crippen LogP contribution is 2.24. The van der Waals surface area contributed by atoms with E-state index < -0.39 is 0 Å². The van der Waals surface area contributed by atoms with E-state index in [1.54, 1.807) is 4.90 Å². The summed E-state index contributed by atoms with van der Waals surface area (Å²) in [6.45, 7) is 5.50. The molecule has 2 fully saturated rings. The standard InChI is InChI=1S/C18H25N3O2/c1-3-5-15-18(23)21-11-14(9-16(21)17(22)20-15)19-10-13-7-4-6-12(2)8-13/h4,6-8,14-16,19H,3,5,9-11H2,1-2H3,(H,20,22)/t14-,15-,16-/m0/s1. The second kappa shape index (κ2) is 6.71. The molecule has 2 aliphatic heterocycles. The number of piperazine rings is 1. The van der Waals surface area contributed by atoms with Gasteiger partial charge in [0.1, 0.15) is 12.1 Å².